The number of nitrogens with zero attached hydrogens (tertiary/aromatic N) is 3. The van der Waals surface area contributed by atoms with Gasteiger partial charge in [0, 0.05) is 38.1 Å². The lowest BCUT2D eigenvalue weighted by atomic mass is 10.1. The molecule has 0 atom stereocenters. The highest BCUT2D eigenvalue weighted by molar-refractivity contribution is 6.04. The summed E-state index contributed by atoms with van der Waals surface area (Å²) >= 11 is 0. The van der Waals surface area contributed by atoms with Crippen molar-refractivity contribution in [2.45, 2.75) is 13.3 Å². The second-order valence-electron chi connectivity index (χ2n) is 6.01. The topological polar surface area (TPSA) is 88.5 Å². The molecule has 0 saturated carbocycles. The van der Waals surface area contributed by atoms with Crippen LogP contribution in [0.4, 0.5) is 5.69 Å². The number of ether oxygens (including phenoxy) is 1. The number of aryl methyl sites for hydroxylation is 1. The third-order valence-electron chi connectivity index (χ3n) is 4.37. The molecule has 3 aromatic heterocycles. The summed E-state index contributed by atoms with van der Waals surface area (Å²) in [5.41, 5.74) is 1.34. The van der Waals surface area contributed by atoms with Crippen molar-refractivity contribution in [2.75, 3.05) is 18.5 Å². The molecule has 0 aliphatic rings. The average molecular weight is 364 g/mol. The zero-order chi connectivity index (χ0) is 19.4. The number of nitriles is 1. The minimum Gasteiger partial charge on any atom is -0.462 e. The Hall–Kier alpha value is -3.53. The van der Waals surface area contributed by atoms with Gasteiger partial charge >= 0.3 is 5.97 Å². The maximum absolute atomic E-state index is 12.7. The summed E-state index contributed by atoms with van der Waals surface area (Å²) in [6.07, 6.45) is 4.16. The number of nitrogens with one attached hydrogen (secondary N) is 1. The number of hydrogen-bond donors (Lipinski definition) is 1. The van der Waals surface area contributed by atoms with Crippen LogP contribution in [0.5, 0.6) is 0 Å². The van der Waals surface area contributed by atoms with Gasteiger partial charge in [-0.25, -0.2) is 4.79 Å². The Morgan fingerprint density at radius 2 is 2.07 bits per heavy atom. The molecule has 3 rings (SSSR count). The van der Waals surface area contributed by atoms with Gasteiger partial charge in [0.05, 0.1) is 17.8 Å². The summed E-state index contributed by atoms with van der Waals surface area (Å²) in [6.45, 7) is 2.37. The molecule has 0 aromatic carbocycles. The van der Waals surface area contributed by atoms with Crippen LogP contribution in [0.1, 0.15) is 28.5 Å². The van der Waals surface area contributed by atoms with E-state index in [0.717, 1.165) is 5.69 Å². The first-order valence-corrected chi connectivity index (χ1v) is 8.67. The first-order valence-electron chi connectivity index (χ1n) is 8.67. The molecule has 0 unspecified atom stereocenters. The third kappa shape index (κ3) is 3.42. The maximum atomic E-state index is 12.7. The van der Waals surface area contributed by atoms with E-state index in [0.29, 0.717) is 18.5 Å². The molecule has 0 aliphatic heterocycles. The molecule has 3 aromatic rings. The van der Waals surface area contributed by atoms with E-state index in [1.165, 1.54) is 10.6 Å². The van der Waals surface area contributed by atoms with Gasteiger partial charge < -0.3 is 14.6 Å². The quantitative estimate of drug-likeness (QED) is 0.678. The highest BCUT2D eigenvalue weighted by Crippen LogP contribution is 2.24. The van der Waals surface area contributed by atoms with Gasteiger partial charge in [0.1, 0.15) is 17.2 Å². The van der Waals surface area contributed by atoms with E-state index in [2.05, 4.69) is 5.32 Å². The fourth-order valence-corrected chi connectivity index (χ4v) is 3.07. The minimum atomic E-state index is -0.570. The molecule has 0 aliphatic carbocycles. The summed E-state index contributed by atoms with van der Waals surface area (Å²) in [7, 11) is 1.95. The molecular formula is C20H20N4O3. The Balaban J connectivity index is 2.09. The van der Waals surface area contributed by atoms with E-state index in [1.807, 2.05) is 36.0 Å². The number of aromatic nitrogens is 2. The molecule has 0 spiro atoms. The number of fused-ring (bicyclic) bond motifs is 1. The van der Waals surface area contributed by atoms with Crippen molar-refractivity contribution in [2.24, 2.45) is 7.05 Å². The van der Waals surface area contributed by atoms with Crippen molar-refractivity contribution in [1.82, 2.24) is 8.97 Å². The number of carbonyl (C=O) groups is 1. The molecule has 7 nitrogen and oxygen atoms in total. The Morgan fingerprint density at radius 3 is 2.74 bits per heavy atom. The van der Waals surface area contributed by atoms with Crippen LogP contribution in [0.3, 0.4) is 0 Å². The SMILES string of the molecule is CCOC(=O)c1c(NCCc2cccn2C)c(C#N)c(=O)n2ccccc12. The van der Waals surface area contributed by atoms with Crippen molar-refractivity contribution in [3.8, 4) is 6.07 Å². The van der Waals surface area contributed by atoms with Crippen LogP contribution < -0.4 is 10.9 Å². The van der Waals surface area contributed by atoms with E-state index in [1.54, 1.807) is 25.1 Å². The van der Waals surface area contributed by atoms with Gasteiger partial charge in [0.15, 0.2) is 0 Å². The Bertz CT molecular complexity index is 1090. The fourth-order valence-electron chi connectivity index (χ4n) is 3.07. The molecule has 7 heteroatoms. The van der Waals surface area contributed by atoms with Gasteiger partial charge in [-0.1, -0.05) is 6.07 Å². The molecule has 0 radical (unpaired) electrons. The number of pyridine rings is 2. The Kier molecular flexibility index (Phi) is 5.27. The highest BCUT2D eigenvalue weighted by atomic mass is 16.5. The fraction of sp³-hybridized carbons (Fsp3) is 0.250. The van der Waals surface area contributed by atoms with Gasteiger partial charge in [0.25, 0.3) is 5.56 Å². The van der Waals surface area contributed by atoms with E-state index < -0.39 is 11.5 Å². The number of rotatable bonds is 6. The summed E-state index contributed by atoms with van der Waals surface area (Å²) in [5.74, 6) is -0.570. The molecule has 3 heterocycles. The summed E-state index contributed by atoms with van der Waals surface area (Å²) in [5, 5.41) is 12.7. The number of esters is 1. The van der Waals surface area contributed by atoms with Crippen LogP contribution in [0.15, 0.2) is 47.5 Å². The highest BCUT2D eigenvalue weighted by Gasteiger charge is 2.23. The smallest absolute Gasteiger partial charge is 0.342 e. The first kappa shape index (κ1) is 18.3. The standard InChI is InChI=1S/C20H20N4O3/c1-3-27-20(26)17-16-8-4-5-12-24(16)19(25)15(13-21)18(17)22-10-9-14-7-6-11-23(14)2/h4-8,11-12,22H,3,9-10H2,1-2H3. The normalized spacial score (nSPS) is 10.6. The predicted molar refractivity (Wildman–Crippen MR) is 102 cm³/mol. The lowest BCUT2D eigenvalue weighted by Gasteiger charge is -2.16. The van der Waals surface area contributed by atoms with Gasteiger partial charge in [-0.2, -0.15) is 5.26 Å². The van der Waals surface area contributed by atoms with E-state index >= 15 is 0 Å². The van der Waals surface area contributed by atoms with E-state index in [4.69, 9.17) is 4.74 Å². The van der Waals surface area contributed by atoms with Crippen LogP contribution in [0.25, 0.3) is 5.52 Å². The van der Waals surface area contributed by atoms with Gasteiger partial charge in [0.2, 0.25) is 0 Å². The largest absolute Gasteiger partial charge is 0.462 e. The number of hydrogen-bond acceptors (Lipinski definition) is 5. The summed E-state index contributed by atoms with van der Waals surface area (Å²) in [4.78, 5) is 25.3. The van der Waals surface area contributed by atoms with Crippen molar-refractivity contribution < 1.29 is 9.53 Å². The van der Waals surface area contributed by atoms with Crippen molar-refractivity contribution in [3.05, 3.63) is 69.9 Å². The summed E-state index contributed by atoms with van der Waals surface area (Å²) < 4.78 is 8.47. The minimum absolute atomic E-state index is 0.103. The molecule has 0 amide bonds. The molecule has 27 heavy (non-hydrogen) atoms. The zero-order valence-corrected chi connectivity index (χ0v) is 15.2. The lowest BCUT2D eigenvalue weighted by Crippen LogP contribution is -2.24. The second-order valence-corrected chi connectivity index (χ2v) is 6.01. The number of carbonyl (C=O) groups excluding carboxylic acids is 1. The van der Waals surface area contributed by atoms with Crippen LogP contribution in [-0.2, 0) is 18.2 Å². The van der Waals surface area contributed by atoms with Crippen LogP contribution in [0, 0.1) is 11.3 Å². The van der Waals surface area contributed by atoms with Gasteiger partial charge in [-0.3, -0.25) is 9.20 Å². The van der Waals surface area contributed by atoms with E-state index in [-0.39, 0.29) is 23.4 Å². The molecule has 0 saturated heterocycles. The maximum Gasteiger partial charge on any atom is 0.342 e. The lowest BCUT2D eigenvalue weighted by molar-refractivity contribution is 0.0529. The van der Waals surface area contributed by atoms with Gasteiger partial charge in [-0.05, 0) is 31.2 Å². The van der Waals surface area contributed by atoms with Crippen molar-refractivity contribution >= 4 is 17.2 Å². The average Bonchev–Trinajstić information content (AvgIpc) is 3.07. The number of anilines is 1. The van der Waals surface area contributed by atoms with Crippen LogP contribution in [-0.4, -0.2) is 28.1 Å². The van der Waals surface area contributed by atoms with Crippen LogP contribution >= 0.6 is 0 Å². The van der Waals surface area contributed by atoms with Crippen LogP contribution in [0.2, 0.25) is 0 Å². The molecule has 0 fully saturated rings. The van der Waals surface area contributed by atoms with E-state index in [9.17, 15) is 14.9 Å². The zero-order valence-electron chi connectivity index (χ0n) is 15.2. The molecule has 1 N–H and O–H groups in total. The molecule has 0 bridgehead atoms. The molecular weight excluding hydrogens is 344 g/mol. The van der Waals surface area contributed by atoms with Crippen molar-refractivity contribution in [1.29, 1.82) is 5.26 Å². The Morgan fingerprint density at radius 1 is 1.26 bits per heavy atom. The van der Waals surface area contributed by atoms with Gasteiger partial charge in [-0.15, -0.1) is 0 Å². The first-order chi connectivity index (χ1) is 13.1. The molecule has 138 valence electrons. The third-order valence-corrected chi connectivity index (χ3v) is 4.37. The monoisotopic (exact) mass is 364 g/mol. The Labute approximate surface area is 156 Å². The summed E-state index contributed by atoms with van der Waals surface area (Å²) in [6, 6.07) is 11.0. The van der Waals surface area contributed by atoms with Crippen molar-refractivity contribution in [3.63, 3.8) is 0 Å². The second kappa shape index (κ2) is 7.79. The predicted octanol–water partition coefficient (Wildman–Crippen LogP) is 2.34.